The predicted molar refractivity (Wildman–Crippen MR) is 176 cm³/mol. The third-order valence-electron chi connectivity index (χ3n) is 6.31. The van der Waals surface area contributed by atoms with Crippen molar-refractivity contribution in [1.82, 2.24) is 40.3 Å². The summed E-state index contributed by atoms with van der Waals surface area (Å²) in [6.07, 6.45) is 3.31. The molecule has 0 fully saturated rings. The van der Waals surface area contributed by atoms with Crippen LogP contribution < -0.4 is 20.1 Å². The van der Waals surface area contributed by atoms with E-state index in [1.807, 2.05) is 73.7 Å². The van der Waals surface area contributed by atoms with Crippen LogP contribution in [-0.2, 0) is 20.9 Å². The lowest BCUT2D eigenvalue weighted by atomic mass is 10.2. The smallest absolute Gasteiger partial charge is 0.264 e. The number of hydrogen-bond donors (Lipinski definition) is 4. The van der Waals surface area contributed by atoms with E-state index < -0.39 is 0 Å². The van der Waals surface area contributed by atoms with Crippen LogP contribution in [0.4, 0.5) is 11.9 Å². The zero-order chi connectivity index (χ0) is 33.6. The molecule has 0 aliphatic heterocycles. The Morgan fingerprint density at radius 1 is 0.708 bits per heavy atom. The normalized spacial score (nSPS) is 10.4. The van der Waals surface area contributed by atoms with E-state index in [1.165, 1.54) is 0 Å². The Balaban J connectivity index is 0.000000188. The maximum atomic E-state index is 11.9. The van der Waals surface area contributed by atoms with Crippen LogP contribution in [-0.4, -0.2) is 72.5 Å². The number of benzene rings is 2. The van der Waals surface area contributed by atoms with E-state index in [9.17, 15) is 9.59 Å². The highest BCUT2D eigenvalue weighted by Gasteiger charge is 2.11. The Bertz CT molecular complexity index is 1900. The minimum atomic E-state index is -0.335. The molecule has 0 saturated heterocycles. The Morgan fingerprint density at radius 2 is 1.31 bits per heavy atom. The molecule has 0 radical (unpaired) electrons. The van der Waals surface area contributed by atoms with Crippen molar-refractivity contribution in [3.05, 3.63) is 108 Å². The predicted octanol–water partition coefficient (Wildman–Crippen LogP) is 4.22. The van der Waals surface area contributed by atoms with Gasteiger partial charge in [-0.05, 0) is 66.6 Å². The summed E-state index contributed by atoms with van der Waals surface area (Å²) in [6, 6.07) is 25.8. The molecule has 0 spiro atoms. The van der Waals surface area contributed by atoms with Gasteiger partial charge in [0.1, 0.15) is 29.5 Å². The first kappa shape index (κ1) is 32.9. The molecule has 0 unspecified atom stereocenters. The van der Waals surface area contributed by atoms with E-state index in [0.29, 0.717) is 35.4 Å². The zero-order valence-corrected chi connectivity index (χ0v) is 26.1. The summed E-state index contributed by atoms with van der Waals surface area (Å²) < 4.78 is 15.9. The van der Waals surface area contributed by atoms with Crippen molar-refractivity contribution >= 4 is 23.7 Å². The zero-order valence-electron chi connectivity index (χ0n) is 26.1. The molecule has 0 bridgehead atoms. The fraction of sp³-hybridized carbons (Fsp3) is 0.152. The molecule has 244 valence electrons. The summed E-state index contributed by atoms with van der Waals surface area (Å²) in [5.74, 6) is 2.08. The summed E-state index contributed by atoms with van der Waals surface area (Å²) >= 11 is 0. The molecule has 0 aliphatic rings. The number of anilines is 2. The third kappa shape index (κ3) is 10.0. The van der Waals surface area contributed by atoms with Crippen LogP contribution in [0.5, 0.6) is 11.5 Å². The van der Waals surface area contributed by atoms with Crippen LogP contribution in [0.15, 0.2) is 97.3 Å². The number of pyridine rings is 2. The first-order valence-corrected chi connectivity index (χ1v) is 14.6. The van der Waals surface area contributed by atoms with Crippen molar-refractivity contribution < 1.29 is 23.8 Å². The largest absolute Gasteiger partial charge is 0.497 e. The van der Waals surface area contributed by atoms with Gasteiger partial charge in [-0.3, -0.25) is 40.4 Å². The van der Waals surface area contributed by atoms with Crippen molar-refractivity contribution in [3.8, 4) is 34.5 Å². The highest BCUT2D eigenvalue weighted by Crippen LogP contribution is 2.15. The van der Waals surface area contributed by atoms with Crippen LogP contribution in [0.2, 0.25) is 0 Å². The number of nitrogens with one attached hydrogen (secondary N) is 4. The lowest BCUT2D eigenvalue weighted by Crippen LogP contribution is -2.20. The van der Waals surface area contributed by atoms with Crippen molar-refractivity contribution in [2.24, 2.45) is 0 Å². The monoisotopic (exact) mass is 648 g/mol. The quantitative estimate of drug-likeness (QED) is 0.148. The molecular formula is C33H32N10O5. The number of carbonyl (C=O) groups is 2. The molecule has 0 saturated carbocycles. The van der Waals surface area contributed by atoms with Gasteiger partial charge in [-0.15, -0.1) is 10.2 Å². The summed E-state index contributed by atoms with van der Waals surface area (Å²) in [6.45, 7) is 2.07. The lowest BCUT2D eigenvalue weighted by molar-refractivity contribution is -0.121. The first-order chi connectivity index (χ1) is 23.4. The fourth-order valence-corrected chi connectivity index (χ4v) is 4.03. The van der Waals surface area contributed by atoms with Gasteiger partial charge in [0.05, 0.1) is 13.7 Å². The number of aromatic nitrogens is 8. The third-order valence-corrected chi connectivity index (χ3v) is 6.31. The van der Waals surface area contributed by atoms with Gasteiger partial charge in [-0.1, -0.05) is 36.4 Å². The second kappa shape index (κ2) is 16.7. The molecule has 15 heteroatoms. The molecule has 0 atom stereocenters. The number of rotatable bonds is 12. The highest BCUT2D eigenvalue weighted by atomic mass is 16.5. The van der Waals surface area contributed by atoms with Crippen molar-refractivity contribution in [2.75, 3.05) is 31.0 Å². The Morgan fingerprint density at radius 3 is 1.85 bits per heavy atom. The van der Waals surface area contributed by atoms with E-state index in [-0.39, 0.29) is 36.9 Å². The number of nitrogens with zero attached hydrogens (tertiary/aromatic N) is 6. The molecule has 2 amide bonds. The van der Waals surface area contributed by atoms with E-state index >= 15 is 0 Å². The molecule has 6 aromatic rings. The van der Waals surface area contributed by atoms with Gasteiger partial charge in [-0.2, -0.15) is 9.97 Å². The summed E-state index contributed by atoms with van der Waals surface area (Å²) in [5, 5.41) is 18.5. The average molecular weight is 649 g/mol. The molecule has 4 heterocycles. The number of hydrogen-bond acceptors (Lipinski definition) is 11. The number of ether oxygens (including phenoxy) is 3. The molecule has 0 aliphatic carbocycles. The molecule has 6 rings (SSSR count). The standard InChI is InChI=1S/C17H17N5O3.C16H15N5O2/c1-24-13-7-5-12(6-8-13)10-25-11-15(23)19-17-20-16(21-22-17)14-4-2-3-9-18-14;1-11-5-4-6-12(9-11)23-10-14(22)18-16-19-15(20-21-16)13-7-2-3-8-17-13/h2-9H,10-11H2,1H3,(H2,19,20,21,22,23);2-9H,10H2,1H3,(H2,18,19,20,21,22). The maximum absolute atomic E-state index is 11.9. The van der Waals surface area contributed by atoms with Crippen LogP contribution in [0.25, 0.3) is 23.0 Å². The molecular weight excluding hydrogens is 616 g/mol. The van der Waals surface area contributed by atoms with Gasteiger partial charge in [0.2, 0.25) is 11.9 Å². The number of aryl methyl sites for hydroxylation is 1. The number of amides is 2. The van der Waals surface area contributed by atoms with Gasteiger partial charge < -0.3 is 14.2 Å². The van der Waals surface area contributed by atoms with Crippen LogP contribution in [0, 0.1) is 6.92 Å². The van der Waals surface area contributed by atoms with Gasteiger partial charge in [0.25, 0.3) is 11.8 Å². The van der Waals surface area contributed by atoms with Gasteiger partial charge in [0.15, 0.2) is 18.3 Å². The topological polar surface area (TPSA) is 195 Å². The van der Waals surface area contributed by atoms with Crippen LogP contribution in [0.1, 0.15) is 11.1 Å². The Hall–Kier alpha value is -6.48. The summed E-state index contributed by atoms with van der Waals surface area (Å²) in [4.78, 5) is 40.4. The minimum Gasteiger partial charge on any atom is -0.497 e. The highest BCUT2D eigenvalue weighted by molar-refractivity contribution is 5.90. The average Bonchev–Trinajstić information content (AvgIpc) is 3.79. The number of carbonyl (C=O) groups excluding carboxylic acids is 2. The summed E-state index contributed by atoms with van der Waals surface area (Å²) in [7, 11) is 1.61. The molecule has 15 nitrogen and oxygen atoms in total. The van der Waals surface area contributed by atoms with Crippen molar-refractivity contribution in [3.63, 3.8) is 0 Å². The molecule has 48 heavy (non-hydrogen) atoms. The molecule has 4 aromatic heterocycles. The summed E-state index contributed by atoms with van der Waals surface area (Å²) in [5.41, 5.74) is 3.31. The second-order valence-corrected chi connectivity index (χ2v) is 9.99. The van der Waals surface area contributed by atoms with E-state index in [2.05, 4.69) is 51.0 Å². The van der Waals surface area contributed by atoms with E-state index in [4.69, 9.17) is 14.2 Å². The molecule has 2 aromatic carbocycles. The Labute approximate surface area is 275 Å². The van der Waals surface area contributed by atoms with Gasteiger partial charge >= 0.3 is 0 Å². The van der Waals surface area contributed by atoms with Crippen LogP contribution >= 0.6 is 0 Å². The maximum Gasteiger partial charge on any atom is 0.264 e. The SMILES string of the molecule is COc1ccc(COCC(=O)Nc2n[nH]c(-c3ccccn3)n2)cc1.Cc1cccc(OCC(=O)Nc2n[nH]c(-c3ccccn3)n2)c1. The lowest BCUT2D eigenvalue weighted by Gasteiger charge is -2.05. The number of aromatic amines is 2. The van der Waals surface area contributed by atoms with Crippen LogP contribution in [0.3, 0.4) is 0 Å². The van der Waals surface area contributed by atoms with E-state index in [1.54, 1.807) is 37.7 Å². The molecule has 4 N–H and O–H groups in total. The minimum absolute atomic E-state index is 0.0977. The Kier molecular flexibility index (Phi) is 11.5. The van der Waals surface area contributed by atoms with Gasteiger partial charge in [0, 0.05) is 12.4 Å². The van der Waals surface area contributed by atoms with E-state index in [0.717, 1.165) is 16.9 Å². The number of H-pyrrole nitrogens is 2. The van der Waals surface area contributed by atoms with Crippen molar-refractivity contribution in [2.45, 2.75) is 13.5 Å². The number of methoxy groups -OCH3 is 1. The second-order valence-electron chi connectivity index (χ2n) is 9.99. The first-order valence-electron chi connectivity index (χ1n) is 14.6. The van der Waals surface area contributed by atoms with Gasteiger partial charge in [-0.25, -0.2) is 0 Å². The fourth-order valence-electron chi connectivity index (χ4n) is 4.03. The van der Waals surface area contributed by atoms with Crippen molar-refractivity contribution in [1.29, 1.82) is 0 Å².